The van der Waals surface area contributed by atoms with Gasteiger partial charge in [-0.05, 0) is 12.1 Å². The number of para-hydroxylation sites is 1. The third-order valence-corrected chi connectivity index (χ3v) is 2.72. The lowest BCUT2D eigenvalue weighted by Gasteiger charge is -2.08. The number of hydrogen-bond donors (Lipinski definition) is 1. The predicted octanol–water partition coefficient (Wildman–Crippen LogP) is 2.40. The minimum absolute atomic E-state index is 0.639. The van der Waals surface area contributed by atoms with Crippen molar-refractivity contribution in [2.45, 2.75) is 0 Å². The van der Waals surface area contributed by atoms with Crippen LogP contribution in [0.3, 0.4) is 0 Å². The maximum absolute atomic E-state index is 5.79. The molecule has 2 N–H and O–H groups in total. The Kier molecular flexibility index (Phi) is 2.37. The zero-order valence-electron chi connectivity index (χ0n) is 7.73. The van der Waals surface area contributed by atoms with Crippen LogP contribution in [0, 0.1) is 0 Å². The molecule has 2 rings (SSSR count). The van der Waals surface area contributed by atoms with Crippen LogP contribution in [0.4, 0.5) is 5.69 Å². The molecule has 0 radical (unpaired) electrons. The molecule has 2 aromatic rings. The summed E-state index contributed by atoms with van der Waals surface area (Å²) in [5.74, 6) is 0.697. The van der Waals surface area contributed by atoms with E-state index in [1.807, 2.05) is 23.6 Å². The molecule has 0 aliphatic carbocycles. The van der Waals surface area contributed by atoms with Gasteiger partial charge in [-0.3, -0.25) is 0 Å². The molecule has 0 fully saturated rings. The molecular formula is C10H10N2OS. The van der Waals surface area contributed by atoms with Gasteiger partial charge in [0, 0.05) is 11.6 Å². The van der Waals surface area contributed by atoms with E-state index < -0.39 is 0 Å². The topological polar surface area (TPSA) is 48.1 Å². The first-order valence-corrected chi connectivity index (χ1v) is 5.03. The normalized spacial score (nSPS) is 10.1. The molecule has 0 aliphatic rings. The first-order valence-electron chi connectivity index (χ1n) is 4.15. The molecule has 14 heavy (non-hydrogen) atoms. The average molecular weight is 206 g/mol. The van der Waals surface area contributed by atoms with E-state index in [0.29, 0.717) is 11.4 Å². The van der Waals surface area contributed by atoms with E-state index in [2.05, 4.69) is 4.98 Å². The zero-order valence-corrected chi connectivity index (χ0v) is 8.54. The molecule has 0 atom stereocenters. The van der Waals surface area contributed by atoms with Gasteiger partial charge in [-0.15, -0.1) is 11.3 Å². The smallest absolute Gasteiger partial charge is 0.151 e. The van der Waals surface area contributed by atoms with E-state index in [1.165, 1.54) is 0 Å². The van der Waals surface area contributed by atoms with E-state index in [4.69, 9.17) is 10.5 Å². The van der Waals surface area contributed by atoms with Crippen molar-refractivity contribution in [1.29, 1.82) is 0 Å². The van der Waals surface area contributed by atoms with Crippen LogP contribution in [0.25, 0.3) is 10.6 Å². The minimum atomic E-state index is 0.639. The van der Waals surface area contributed by atoms with Gasteiger partial charge >= 0.3 is 0 Å². The molecule has 0 amide bonds. The monoisotopic (exact) mass is 206 g/mol. The van der Waals surface area contributed by atoms with Gasteiger partial charge in [0.1, 0.15) is 5.01 Å². The van der Waals surface area contributed by atoms with Gasteiger partial charge in [-0.2, -0.15) is 0 Å². The summed E-state index contributed by atoms with van der Waals surface area (Å²) in [4.78, 5) is 4.22. The molecule has 1 heterocycles. The van der Waals surface area contributed by atoms with Crippen LogP contribution in [-0.2, 0) is 0 Å². The second-order valence-electron chi connectivity index (χ2n) is 2.77. The summed E-state index contributed by atoms with van der Waals surface area (Å²) in [5, 5.41) is 2.85. The molecule has 3 nitrogen and oxygen atoms in total. The van der Waals surface area contributed by atoms with Crippen LogP contribution < -0.4 is 10.5 Å². The van der Waals surface area contributed by atoms with Gasteiger partial charge < -0.3 is 10.5 Å². The summed E-state index contributed by atoms with van der Waals surface area (Å²) in [6.45, 7) is 0. The fourth-order valence-corrected chi connectivity index (χ4v) is 1.97. The van der Waals surface area contributed by atoms with E-state index in [1.54, 1.807) is 24.6 Å². The van der Waals surface area contributed by atoms with Crippen molar-refractivity contribution in [3.63, 3.8) is 0 Å². The van der Waals surface area contributed by atoms with Gasteiger partial charge in [0.2, 0.25) is 0 Å². The molecule has 0 spiro atoms. The summed E-state index contributed by atoms with van der Waals surface area (Å²) < 4.78 is 5.24. The number of thiazole rings is 1. The molecule has 0 aliphatic heterocycles. The maximum atomic E-state index is 5.79. The number of nitrogen functional groups attached to an aromatic ring is 1. The van der Waals surface area contributed by atoms with Crippen LogP contribution >= 0.6 is 11.3 Å². The second-order valence-corrected chi connectivity index (χ2v) is 3.66. The number of hydrogen-bond acceptors (Lipinski definition) is 4. The third-order valence-electron chi connectivity index (χ3n) is 1.91. The largest absolute Gasteiger partial charge is 0.494 e. The van der Waals surface area contributed by atoms with Crippen LogP contribution in [-0.4, -0.2) is 12.1 Å². The van der Waals surface area contributed by atoms with Gasteiger partial charge in [0.25, 0.3) is 0 Å². The van der Waals surface area contributed by atoms with Gasteiger partial charge in [-0.1, -0.05) is 6.07 Å². The van der Waals surface area contributed by atoms with Gasteiger partial charge in [0.15, 0.2) is 5.75 Å². The highest BCUT2D eigenvalue weighted by Crippen LogP contribution is 2.35. The minimum Gasteiger partial charge on any atom is -0.494 e. The van der Waals surface area contributed by atoms with Crippen molar-refractivity contribution in [3.05, 3.63) is 29.8 Å². The number of methoxy groups -OCH3 is 1. The number of rotatable bonds is 2. The van der Waals surface area contributed by atoms with Gasteiger partial charge in [-0.25, -0.2) is 4.98 Å². The Morgan fingerprint density at radius 2 is 2.29 bits per heavy atom. The molecular weight excluding hydrogens is 196 g/mol. The number of nitrogens with zero attached hydrogens (tertiary/aromatic N) is 1. The average Bonchev–Trinajstić information content (AvgIpc) is 2.70. The molecule has 0 saturated carbocycles. The molecule has 72 valence electrons. The Morgan fingerprint density at radius 1 is 1.43 bits per heavy atom. The first-order chi connectivity index (χ1) is 6.83. The summed E-state index contributed by atoms with van der Waals surface area (Å²) in [6, 6.07) is 5.67. The van der Waals surface area contributed by atoms with Crippen LogP contribution in [0.15, 0.2) is 29.8 Å². The molecule has 4 heteroatoms. The van der Waals surface area contributed by atoms with E-state index in [0.717, 1.165) is 10.6 Å². The second kappa shape index (κ2) is 3.67. The molecule has 0 unspecified atom stereocenters. The Hall–Kier alpha value is -1.55. The number of ether oxygens (including phenoxy) is 1. The number of nitrogens with two attached hydrogens (primary N) is 1. The highest BCUT2D eigenvalue weighted by molar-refractivity contribution is 7.13. The summed E-state index contributed by atoms with van der Waals surface area (Å²) in [5.41, 5.74) is 7.38. The van der Waals surface area contributed by atoms with Crippen molar-refractivity contribution in [1.82, 2.24) is 4.98 Å². The standard InChI is InChI=1S/C10H10N2OS/c1-13-9-7(3-2-4-8(9)11)10-12-5-6-14-10/h2-6H,11H2,1H3. The Morgan fingerprint density at radius 3 is 2.93 bits per heavy atom. The fraction of sp³-hybridized carbons (Fsp3) is 0.100. The highest BCUT2D eigenvalue weighted by atomic mass is 32.1. The molecule has 0 saturated heterocycles. The van der Waals surface area contributed by atoms with Crippen molar-refractivity contribution >= 4 is 17.0 Å². The van der Waals surface area contributed by atoms with Crippen molar-refractivity contribution in [3.8, 4) is 16.3 Å². The summed E-state index contributed by atoms with van der Waals surface area (Å²) in [6.07, 6.45) is 1.77. The first kappa shape index (κ1) is 9.02. The fourth-order valence-electron chi connectivity index (χ4n) is 1.31. The Balaban J connectivity index is 2.58. The lowest BCUT2D eigenvalue weighted by molar-refractivity contribution is 0.418. The number of anilines is 1. The highest BCUT2D eigenvalue weighted by Gasteiger charge is 2.09. The Bertz CT molecular complexity index is 426. The summed E-state index contributed by atoms with van der Waals surface area (Å²) >= 11 is 1.57. The number of aromatic nitrogens is 1. The third kappa shape index (κ3) is 1.44. The lowest BCUT2D eigenvalue weighted by atomic mass is 10.2. The number of benzene rings is 1. The molecule has 1 aromatic carbocycles. The maximum Gasteiger partial charge on any atom is 0.151 e. The molecule has 0 bridgehead atoms. The SMILES string of the molecule is COc1c(N)cccc1-c1nccs1. The van der Waals surface area contributed by atoms with Crippen molar-refractivity contribution in [2.75, 3.05) is 12.8 Å². The van der Waals surface area contributed by atoms with E-state index >= 15 is 0 Å². The Labute approximate surface area is 86.2 Å². The van der Waals surface area contributed by atoms with Crippen molar-refractivity contribution in [2.24, 2.45) is 0 Å². The quantitative estimate of drug-likeness (QED) is 0.767. The molecule has 1 aromatic heterocycles. The van der Waals surface area contributed by atoms with Crippen LogP contribution in [0.1, 0.15) is 0 Å². The van der Waals surface area contributed by atoms with Gasteiger partial charge in [0.05, 0.1) is 18.4 Å². The lowest BCUT2D eigenvalue weighted by Crippen LogP contribution is -1.94. The van der Waals surface area contributed by atoms with Crippen LogP contribution in [0.2, 0.25) is 0 Å². The zero-order chi connectivity index (χ0) is 9.97. The summed E-state index contributed by atoms with van der Waals surface area (Å²) in [7, 11) is 1.61. The van der Waals surface area contributed by atoms with Crippen LogP contribution in [0.5, 0.6) is 5.75 Å². The van der Waals surface area contributed by atoms with E-state index in [-0.39, 0.29) is 0 Å². The van der Waals surface area contributed by atoms with E-state index in [9.17, 15) is 0 Å². The predicted molar refractivity (Wildman–Crippen MR) is 58.5 cm³/mol. The van der Waals surface area contributed by atoms with Crippen molar-refractivity contribution < 1.29 is 4.74 Å².